The molecule has 0 atom stereocenters. The van der Waals surface area contributed by atoms with Crippen molar-refractivity contribution in [3.63, 3.8) is 0 Å². The molecule has 0 aliphatic carbocycles. The SMILES string of the molecule is Fc1ccccc1CCNCc1cc(Br)ccc1OCc1ccccc1. The Balaban J connectivity index is 1.56. The van der Waals surface area contributed by atoms with E-state index < -0.39 is 0 Å². The van der Waals surface area contributed by atoms with Crippen LogP contribution in [0.5, 0.6) is 5.75 Å². The lowest BCUT2D eigenvalue weighted by Crippen LogP contribution is -2.17. The zero-order chi connectivity index (χ0) is 18.2. The van der Waals surface area contributed by atoms with E-state index in [1.54, 1.807) is 6.07 Å². The molecule has 2 nitrogen and oxygen atoms in total. The average molecular weight is 414 g/mol. The van der Waals surface area contributed by atoms with Crippen molar-refractivity contribution < 1.29 is 9.13 Å². The molecule has 4 heteroatoms. The normalized spacial score (nSPS) is 10.7. The van der Waals surface area contributed by atoms with E-state index in [-0.39, 0.29) is 5.82 Å². The first-order chi connectivity index (χ1) is 12.7. The zero-order valence-electron chi connectivity index (χ0n) is 14.4. The molecular weight excluding hydrogens is 393 g/mol. The third-order valence-corrected chi connectivity index (χ3v) is 4.60. The standard InChI is InChI=1S/C22H21BrFNO/c23-20-10-11-22(26-16-17-6-2-1-3-7-17)19(14-20)15-25-13-12-18-8-4-5-9-21(18)24/h1-11,14,25H,12-13,15-16H2. The molecule has 26 heavy (non-hydrogen) atoms. The molecule has 0 fully saturated rings. The molecule has 0 heterocycles. The number of rotatable bonds is 8. The first kappa shape index (κ1) is 18.6. The smallest absolute Gasteiger partial charge is 0.126 e. The second-order valence-corrected chi connectivity index (χ2v) is 6.96. The van der Waals surface area contributed by atoms with E-state index in [0.717, 1.165) is 26.9 Å². The molecule has 0 aliphatic heterocycles. The highest BCUT2D eigenvalue weighted by Gasteiger charge is 2.06. The topological polar surface area (TPSA) is 21.3 Å². The maximum Gasteiger partial charge on any atom is 0.126 e. The van der Waals surface area contributed by atoms with Gasteiger partial charge in [-0.3, -0.25) is 0 Å². The lowest BCUT2D eigenvalue weighted by molar-refractivity contribution is 0.302. The monoisotopic (exact) mass is 413 g/mol. The van der Waals surface area contributed by atoms with Gasteiger partial charge in [0.25, 0.3) is 0 Å². The van der Waals surface area contributed by atoms with Gasteiger partial charge in [-0.25, -0.2) is 4.39 Å². The van der Waals surface area contributed by atoms with Crippen molar-refractivity contribution in [2.45, 2.75) is 19.6 Å². The maximum atomic E-state index is 13.7. The van der Waals surface area contributed by atoms with Crippen molar-refractivity contribution in [1.29, 1.82) is 0 Å². The van der Waals surface area contributed by atoms with Gasteiger partial charge in [0.1, 0.15) is 18.2 Å². The average Bonchev–Trinajstić information content (AvgIpc) is 2.66. The summed E-state index contributed by atoms with van der Waals surface area (Å²) in [6.07, 6.45) is 0.654. The van der Waals surface area contributed by atoms with Gasteiger partial charge < -0.3 is 10.1 Å². The van der Waals surface area contributed by atoms with Crippen molar-refractivity contribution >= 4 is 15.9 Å². The summed E-state index contributed by atoms with van der Waals surface area (Å²) < 4.78 is 20.7. The molecular formula is C22H21BrFNO. The fourth-order valence-electron chi connectivity index (χ4n) is 2.71. The van der Waals surface area contributed by atoms with Gasteiger partial charge in [-0.15, -0.1) is 0 Å². The fourth-order valence-corrected chi connectivity index (χ4v) is 3.12. The highest BCUT2D eigenvalue weighted by atomic mass is 79.9. The molecule has 0 amide bonds. The van der Waals surface area contributed by atoms with Crippen LogP contribution in [0.25, 0.3) is 0 Å². The zero-order valence-corrected chi connectivity index (χ0v) is 16.0. The second kappa shape index (κ2) is 9.51. The number of hydrogen-bond acceptors (Lipinski definition) is 2. The first-order valence-electron chi connectivity index (χ1n) is 8.61. The molecule has 0 aliphatic rings. The van der Waals surface area contributed by atoms with Crippen LogP contribution in [-0.4, -0.2) is 6.54 Å². The van der Waals surface area contributed by atoms with E-state index in [1.165, 1.54) is 6.07 Å². The van der Waals surface area contributed by atoms with Gasteiger partial charge in [-0.1, -0.05) is 64.5 Å². The van der Waals surface area contributed by atoms with Crippen LogP contribution >= 0.6 is 15.9 Å². The highest BCUT2D eigenvalue weighted by Crippen LogP contribution is 2.24. The minimum atomic E-state index is -0.149. The molecule has 0 spiro atoms. The van der Waals surface area contributed by atoms with Crippen LogP contribution in [0.4, 0.5) is 4.39 Å². The van der Waals surface area contributed by atoms with Crippen LogP contribution in [0.15, 0.2) is 77.3 Å². The summed E-state index contributed by atoms with van der Waals surface area (Å²) in [5.74, 6) is 0.707. The number of benzene rings is 3. The Kier molecular flexibility index (Phi) is 6.81. The van der Waals surface area contributed by atoms with Crippen molar-refractivity contribution in [2.24, 2.45) is 0 Å². The van der Waals surface area contributed by atoms with Crippen LogP contribution in [0.2, 0.25) is 0 Å². The minimum absolute atomic E-state index is 0.149. The third-order valence-electron chi connectivity index (χ3n) is 4.10. The number of ether oxygens (including phenoxy) is 1. The second-order valence-electron chi connectivity index (χ2n) is 6.04. The Morgan fingerprint density at radius 2 is 1.65 bits per heavy atom. The molecule has 0 aromatic heterocycles. The molecule has 3 aromatic rings. The Morgan fingerprint density at radius 1 is 0.885 bits per heavy atom. The summed E-state index contributed by atoms with van der Waals surface area (Å²) in [6.45, 7) is 1.90. The van der Waals surface area contributed by atoms with Gasteiger partial charge in [0.05, 0.1) is 0 Å². The summed E-state index contributed by atoms with van der Waals surface area (Å²) in [7, 11) is 0. The maximum absolute atomic E-state index is 13.7. The van der Waals surface area contributed by atoms with Crippen molar-refractivity contribution in [2.75, 3.05) is 6.54 Å². The summed E-state index contributed by atoms with van der Waals surface area (Å²) in [5.41, 5.74) is 2.94. The van der Waals surface area contributed by atoms with E-state index in [0.29, 0.717) is 26.1 Å². The van der Waals surface area contributed by atoms with E-state index >= 15 is 0 Å². The number of hydrogen-bond donors (Lipinski definition) is 1. The molecule has 0 unspecified atom stereocenters. The molecule has 0 saturated heterocycles. The van der Waals surface area contributed by atoms with E-state index in [1.807, 2.05) is 54.6 Å². The Bertz CT molecular complexity index is 839. The molecule has 1 N–H and O–H groups in total. The predicted molar refractivity (Wildman–Crippen MR) is 107 cm³/mol. The Labute approximate surface area is 162 Å². The molecule has 0 bridgehead atoms. The molecule has 0 saturated carbocycles. The Hall–Kier alpha value is -2.17. The van der Waals surface area contributed by atoms with Crippen molar-refractivity contribution in [3.05, 3.63) is 99.8 Å². The van der Waals surface area contributed by atoms with E-state index in [9.17, 15) is 4.39 Å². The first-order valence-corrected chi connectivity index (χ1v) is 9.41. The summed E-state index contributed by atoms with van der Waals surface area (Å²) >= 11 is 3.51. The van der Waals surface area contributed by atoms with Crippen molar-refractivity contribution in [3.8, 4) is 5.75 Å². The third kappa shape index (κ3) is 5.41. The van der Waals surface area contributed by atoms with Gasteiger partial charge >= 0.3 is 0 Å². The van der Waals surface area contributed by atoms with Gasteiger partial charge in [0, 0.05) is 16.6 Å². The molecule has 3 rings (SSSR count). The molecule has 3 aromatic carbocycles. The van der Waals surface area contributed by atoms with E-state index in [4.69, 9.17) is 4.74 Å². The van der Waals surface area contributed by atoms with Gasteiger partial charge in [-0.05, 0) is 48.4 Å². The van der Waals surface area contributed by atoms with Crippen LogP contribution in [0.3, 0.4) is 0 Å². The minimum Gasteiger partial charge on any atom is -0.489 e. The molecule has 0 radical (unpaired) electrons. The lowest BCUT2D eigenvalue weighted by Gasteiger charge is -2.13. The summed E-state index contributed by atoms with van der Waals surface area (Å²) in [6, 6.07) is 23.0. The number of nitrogens with one attached hydrogen (secondary N) is 1. The Morgan fingerprint density at radius 3 is 2.46 bits per heavy atom. The largest absolute Gasteiger partial charge is 0.489 e. The summed E-state index contributed by atoms with van der Waals surface area (Å²) in [4.78, 5) is 0. The summed E-state index contributed by atoms with van der Waals surface area (Å²) in [5, 5.41) is 3.38. The molecule has 134 valence electrons. The number of halogens is 2. The quantitative estimate of drug-likeness (QED) is 0.492. The van der Waals surface area contributed by atoms with Crippen LogP contribution in [0.1, 0.15) is 16.7 Å². The van der Waals surface area contributed by atoms with Crippen LogP contribution in [-0.2, 0) is 19.6 Å². The predicted octanol–water partition coefficient (Wildman–Crippen LogP) is 5.50. The van der Waals surface area contributed by atoms with Gasteiger partial charge in [0.2, 0.25) is 0 Å². The van der Waals surface area contributed by atoms with Gasteiger partial charge in [-0.2, -0.15) is 0 Å². The van der Waals surface area contributed by atoms with Crippen LogP contribution in [0, 0.1) is 5.82 Å². The van der Waals surface area contributed by atoms with E-state index in [2.05, 4.69) is 27.3 Å². The van der Waals surface area contributed by atoms with Crippen LogP contribution < -0.4 is 10.1 Å². The van der Waals surface area contributed by atoms with Crippen molar-refractivity contribution in [1.82, 2.24) is 5.32 Å². The fraction of sp³-hybridized carbons (Fsp3) is 0.182. The highest BCUT2D eigenvalue weighted by molar-refractivity contribution is 9.10. The van der Waals surface area contributed by atoms with Gasteiger partial charge in [0.15, 0.2) is 0 Å². The lowest BCUT2D eigenvalue weighted by atomic mass is 10.1.